The number of nitrogens with zero attached hydrogens (tertiary/aromatic N) is 6. The fourth-order valence-electron chi connectivity index (χ4n) is 2.48. The molecule has 0 amide bonds. The van der Waals surface area contributed by atoms with Crippen LogP contribution in [0.3, 0.4) is 0 Å². The van der Waals surface area contributed by atoms with Crippen LogP contribution in [-0.2, 0) is 0 Å². The predicted octanol–water partition coefficient (Wildman–Crippen LogP) is 2.30. The Morgan fingerprint density at radius 2 is 0.818 bits per heavy atom. The molecule has 0 spiro atoms. The molecule has 118 valence electrons. The first kappa shape index (κ1) is 16.1. The summed E-state index contributed by atoms with van der Waals surface area (Å²) in [6.45, 7) is 8.24. The molecule has 2 rings (SSSR count). The van der Waals surface area contributed by atoms with Gasteiger partial charge in [0.25, 0.3) is 0 Å². The molecule has 22 heavy (non-hydrogen) atoms. The maximum Gasteiger partial charge on any atom is 0.153 e. The smallest absolute Gasteiger partial charge is 0.153 e. The Kier molecular flexibility index (Phi) is 4.30. The fourth-order valence-corrected chi connectivity index (χ4v) is 2.48. The van der Waals surface area contributed by atoms with E-state index in [2.05, 4.69) is 48.1 Å². The van der Waals surface area contributed by atoms with Crippen LogP contribution in [0.25, 0.3) is 11.4 Å². The van der Waals surface area contributed by atoms with Crippen LogP contribution in [0.2, 0.25) is 0 Å². The minimum Gasteiger partial charge on any atom is -0.361 e. The zero-order valence-electron chi connectivity index (χ0n) is 14.7. The zero-order valence-corrected chi connectivity index (χ0v) is 14.7. The molecule has 0 fully saturated rings. The highest BCUT2D eigenvalue weighted by atomic mass is 15.3. The maximum atomic E-state index is 4.40. The van der Waals surface area contributed by atoms with E-state index >= 15 is 0 Å². The molecule has 0 aliphatic rings. The van der Waals surface area contributed by atoms with Gasteiger partial charge in [0.05, 0.1) is 0 Å². The van der Waals surface area contributed by atoms with Gasteiger partial charge < -0.3 is 9.80 Å². The van der Waals surface area contributed by atoms with Crippen LogP contribution >= 0.6 is 0 Å². The molecular formula is C16H24N6. The molecule has 0 aliphatic heterocycles. The molecule has 0 aromatic carbocycles. The summed E-state index contributed by atoms with van der Waals surface area (Å²) >= 11 is 0. The van der Waals surface area contributed by atoms with E-state index in [0.717, 1.165) is 45.3 Å². The van der Waals surface area contributed by atoms with Crippen LogP contribution in [-0.4, -0.2) is 48.6 Å². The van der Waals surface area contributed by atoms with Gasteiger partial charge in [-0.15, -0.1) is 20.4 Å². The van der Waals surface area contributed by atoms with Crippen molar-refractivity contribution in [1.29, 1.82) is 0 Å². The van der Waals surface area contributed by atoms with Crippen molar-refractivity contribution in [2.75, 3.05) is 38.0 Å². The monoisotopic (exact) mass is 300 g/mol. The van der Waals surface area contributed by atoms with Gasteiger partial charge in [0, 0.05) is 28.2 Å². The maximum absolute atomic E-state index is 4.40. The second kappa shape index (κ2) is 5.87. The van der Waals surface area contributed by atoms with Crippen LogP contribution in [0, 0.1) is 27.7 Å². The van der Waals surface area contributed by atoms with E-state index in [1.807, 2.05) is 38.0 Å². The SMILES string of the molecule is Cc1c(-c2nnc(N(C)C)c(C)c2C)nnc(N(C)C)c1C. The van der Waals surface area contributed by atoms with Gasteiger partial charge in [0.2, 0.25) is 0 Å². The minimum atomic E-state index is 0.807. The average Bonchev–Trinajstić information content (AvgIpc) is 2.44. The molecule has 0 saturated heterocycles. The summed E-state index contributed by atoms with van der Waals surface area (Å²) in [4.78, 5) is 3.94. The first-order chi connectivity index (χ1) is 10.3. The number of hydrogen-bond donors (Lipinski definition) is 0. The lowest BCUT2D eigenvalue weighted by atomic mass is 10.0. The topological polar surface area (TPSA) is 58.0 Å². The molecule has 0 bridgehead atoms. The summed E-state index contributed by atoms with van der Waals surface area (Å²) < 4.78 is 0. The van der Waals surface area contributed by atoms with Crippen molar-refractivity contribution in [3.8, 4) is 11.4 Å². The summed E-state index contributed by atoms with van der Waals surface area (Å²) in [7, 11) is 7.88. The third-order valence-electron chi connectivity index (χ3n) is 4.07. The highest BCUT2D eigenvalue weighted by molar-refractivity contribution is 5.68. The van der Waals surface area contributed by atoms with Crippen molar-refractivity contribution >= 4 is 11.6 Å². The Labute approximate surface area is 132 Å². The van der Waals surface area contributed by atoms with E-state index in [1.54, 1.807) is 0 Å². The van der Waals surface area contributed by atoms with E-state index in [1.165, 1.54) is 0 Å². The van der Waals surface area contributed by atoms with E-state index in [9.17, 15) is 0 Å². The quantitative estimate of drug-likeness (QED) is 0.867. The van der Waals surface area contributed by atoms with Gasteiger partial charge in [-0.3, -0.25) is 0 Å². The average molecular weight is 300 g/mol. The standard InChI is InChI=1S/C16H24N6/c1-9-11(3)15(21(5)6)19-17-13(9)14-10(2)12(4)16(20-18-14)22(7)8/h1-8H3. The number of anilines is 2. The normalized spacial score (nSPS) is 10.7. The molecule has 0 radical (unpaired) electrons. The first-order valence-electron chi connectivity index (χ1n) is 7.28. The summed E-state index contributed by atoms with van der Waals surface area (Å²) in [5, 5.41) is 17.5. The second-order valence-electron chi connectivity index (χ2n) is 6.03. The van der Waals surface area contributed by atoms with Crippen LogP contribution < -0.4 is 9.80 Å². The Bertz CT molecular complexity index is 645. The van der Waals surface area contributed by atoms with Gasteiger partial charge in [0.1, 0.15) is 11.4 Å². The van der Waals surface area contributed by atoms with Gasteiger partial charge in [-0.1, -0.05) is 0 Å². The Hall–Kier alpha value is -2.24. The number of hydrogen-bond acceptors (Lipinski definition) is 6. The first-order valence-corrected chi connectivity index (χ1v) is 7.28. The van der Waals surface area contributed by atoms with Crippen molar-refractivity contribution < 1.29 is 0 Å². The summed E-state index contributed by atoms with van der Waals surface area (Å²) in [6.07, 6.45) is 0. The Balaban J connectivity index is 2.63. The molecule has 0 saturated carbocycles. The van der Waals surface area contributed by atoms with Crippen molar-refractivity contribution in [2.45, 2.75) is 27.7 Å². The highest BCUT2D eigenvalue weighted by Gasteiger charge is 2.18. The van der Waals surface area contributed by atoms with Crippen molar-refractivity contribution in [3.63, 3.8) is 0 Å². The minimum absolute atomic E-state index is 0.807. The lowest BCUT2D eigenvalue weighted by molar-refractivity contribution is 0.908. The second-order valence-corrected chi connectivity index (χ2v) is 6.03. The number of aromatic nitrogens is 4. The van der Waals surface area contributed by atoms with Crippen LogP contribution in [0.5, 0.6) is 0 Å². The molecule has 2 aromatic heterocycles. The molecule has 0 N–H and O–H groups in total. The van der Waals surface area contributed by atoms with Gasteiger partial charge in [0.15, 0.2) is 11.6 Å². The summed E-state index contributed by atoms with van der Waals surface area (Å²) in [5.41, 5.74) is 6.03. The van der Waals surface area contributed by atoms with E-state index < -0.39 is 0 Å². The molecule has 6 heteroatoms. The van der Waals surface area contributed by atoms with E-state index in [0.29, 0.717) is 0 Å². The molecule has 0 atom stereocenters. The Morgan fingerprint density at radius 3 is 1.09 bits per heavy atom. The van der Waals surface area contributed by atoms with Crippen molar-refractivity contribution in [2.24, 2.45) is 0 Å². The van der Waals surface area contributed by atoms with Crippen molar-refractivity contribution in [1.82, 2.24) is 20.4 Å². The van der Waals surface area contributed by atoms with Gasteiger partial charge in [-0.2, -0.15) is 0 Å². The molecule has 0 unspecified atom stereocenters. The molecular weight excluding hydrogens is 276 g/mol. The molecule has 2 aromatic rings. The fraction of sp³-hybridized carbons (Fsp3) is 0.500. The molecule has 0 aliphatic carbocycles. The van der Waals surface area contributed by atoms with Gasteiger partial charge >= 0.3 is 0 Å². The van der Waals surface area contributed by atoms with E-state index in [4.69, 9.17) is 0 Å². The van der Waals surface area contributed by atoms with Crippen LogP contribution in [0.4, 0.5) is 11.6 Å². The Morgan fingerprint density at radius 1 is 0.500 bits per heavy atom. The summed E-state index contributed by atoms with van der Waals surface area (Å²) in [6, 6.07) is 0. The van der Waals surface area contributed by atoms with Gasteiger partial charge in [-0.25, -0.2) is 0 Å². The zero-order chi connectivity index (χ0) is 16.6. The highest BCUT2D eigenvalue weighted by Crippen LogP contribution is 2.30. The molecule has 6 nitrogen and oxygen atoms in total. The third-order valence-corrected chi connectivity index (χ3v) is 4.07. The largest absolute Gasteiger partial charge is 0.361 e. The lowest BCUT2D eigenvalue weighted by Gasteiger charge is -2.19. The summed E-state index contributed by atoms with van der Waals surface area (Å²) in [5.74, 6) is 1.77. The molecule has 2 heterocycles. The third kappa shape index (κ3) is 2.61. The van der Waals surface area contributed by atoms with Crippen LogP contribution in [0.1, 0.15) is 22.3 Å². The van der Waals surface area contributed by atoms with Crippen LogP contribution in [0.15, 0.2) is 0 Å². The lowest BCUT2D eigenvalue weighted by Crippen LogP contribution is -2.16. The van der Waals surface area contributed by atoms with Gasteiger partial charge in [-0.05, 0) is 49.9 Å². The number of rotatable bonds is 3. The van der Waals surface area contributed by atoms with E-state index in [-0.39, 0.29) is 0 Å². The predicted molar refractivity (Wildman–Crippen MR) is 90.7 cm³/mol. The van der Waals surface area contributed by atoms with Crippen molar-refractivity contribution in [3.05, 3.63) is 22.3 Å².